The van der Waals surface area contributed by atoms with Crippen LogP contribution in [0.4, 0.5) is 20.4 Å². The third-order valence-electron chi connectivity index (χ3n) is 3.24. The fraction of sp³-hybridized carbons (Fsp3) is 0.143. The average Bonchev–Trinajstić information content (AvgIpc) is 2.51. The number of carbonyl (C=O) groups is 1. The molecule has 1 aliphatic heterocycles. The van der Waals surface area contributed by atoms with Gasteiger partial charge in [0, 0.05) is 0 Å². The second-order valence-corrected chi connectivity index (χ2v) is 6.64. The molecule has 0 atom stereocenters. The molecule has 0 spiro atoms. The standard InChI is InChI=1S/C14H11F2N3O4S/c1-7-2-4-9(13(16)12(7)15)24(21,22)19-10-5-3-8-14(17-10)18-11(20)6-23-8/h2-5H,6H2,1H3,(H2,17,18,19,20). The Morgan fingerprint density at radius 1 is 1.21 bits per heavy atom. The molecule has 0 bridgehead atoms. The molecule has 1 aromatic heterocycles. The number of nitrogens with zero attached hydrogens (tertiary/aromatic N) is 1. The number of ether oxygens (including phenoxy) is 1. The van der Waals surface area contributed by atoms with Crippen molar-refractivity contribution < 1.29 is 26.7 Å². The first-order valence-corrected chi connectivity index (χ1v) is 8.17. The van der Waals surface area contributed by atoms with Crippen molar-refractivity contribution >= 4 is 27.6 Å². The van der Waals surface area contributed by atoms with Crippen LogP contribution in [0, 0.1) is 18.6 Å². The summed E-state index contributed by atoms with van der Waals surface area (Å²) in [4.78, 5) is 14.3. The monoisotopic (exact) mass is 355 g/mol. The van der Waals surface area contributed by atoms with Gasteiger partial charge in [-0.2, -0.15) is 0 Å². The maximum absolute atomic E-state index is 13.9. The fourth-order valence-corrected chi connectivity index (χ4v) is 3.12. The maximum atomic E-state index is 13.9. The molecule has 126 valence electrons. The summed E-state index contributed by atoms with van der Waals surface area (Å²) in [6.45, 7) is 1.14. The van der Waals surface area contributed by atoms with Crippen LogP contribution < -0.4 is 14.8 Å². The first-order valence-electron chi connectivity index (χ1n) is 6.69. The Morgan fingerprint density at radius 3 is 2.71 bits per heavy atom. The van der Waals surface area contributed by atoms with Crippen LogP contribution in [0.25, 0.3) is 0 Å². The van der Waals surface area contributed by atoms with Gasteiger partial charge in [0.25, 0.3) is 15.9 Å². The number of benzene rings is 1. The third kappa shape index (κ3) is 2.87. The summed E-state index contributed by atoms with van der Waals surface area (Å²) in [5, 5.41) is 2.41. The molecular formula is C14H11F2N3O4S. The van der Waals surface area contributed by atoms with Crippen LogP contribution >= 0.6 is 0 Å². The molecule has 24 heavy (non-hydrogen) atoms. The Morgan fingerprint density at radius 2 is 1.96 bits per heavy atom. The van der Waals surface area contributed by atoms with E-state index in [1.54, 1.807) is 0 Å². The van der Waals surface area contributed by atoms with Crippen LogP contribution in [0.2, 0.25) is 0 Å². The van der Waals surface area contributed by atoms with Crippen LogP contribution in [-0.4, -0.2) is 25.9 Å². The van der Waals surface area contributed by atoms with Gasteiger partial charge in [-0.05, 0) is 30.7 Å². The van der Waals surface area contributed by atoms with E-state index < -0.39 is 32.5 Å². The van der Waals surface area contributed by atoms with Gasteiger partial charge in [-0.3, -0.25) is 9.52 Å². The second kappa shape index (κ2) is 5.71. The van der Waals surface area contributed by atoms with Gasteiger partial charge in [0.1, 0.15) is 10.7 Å². The van der Waals surface area contributed by atoms with Crippen LogP contribution in [-0.2, 0) is 14.8 Å². The molecule has 0 fully saturated rings. The Labute approximate surface area is 135 Å². The highest BCUT2D eigenvalue weighted by atomic mass is 32.2. The Hall–Kier alpha value is -2.75. The lowest BCUT2D eigenvalue weighted by Gasteiger charge is -2.17. The van der Waals surface area contributed by atoms with Gasteiger partial charge in [-0.1, -0.05) is 6.07 Å². The van der Waals surface area contributed by atoms with Crippen LogP contribution in [0.5, 0.6) is 5.75 Å². The number of anilines is 2. The minimum absolute atomic E-state index is 0.0155. The topological polar surface area (TPSA) is 97.4 Å². The zero-order chi connectivity index (χ0) is 17.5. The second-order valence-electron chi connectivity index (χ2n) is 4.99. The van der Waals surface area contributed by atoms with Crippen LogP contribution in [0.15, 0.2) is 29.2 Å². The summed E-state index contributed by atoms with van der Waals surface area (Å²) in [6.07, 6.45) is 0. The SMILES string of the molecule is Cc1ccc(S(=O)(=O)Nc2ccc3c(n2)NC(=O)CO3)c(F)c1F. The molecule has 1 aliphatic rings. The minimum Gasteiger partial charge on any atom is -0.480 e. The molecule has 0 saturated heterocycles. The van der Waals surface area contributed by atoms with Gasteiger partial charge in [0.05, 0.1) is 0 Å². The molecule has 2 N–H and O–H groups in total. The largest absolute Gasteiger partial charge is 0.480 e. The molecule has 3 rings (SSSR count). The summed E-state index contributed by atoms with van der Waals surface area (Å²) in [6, 6.07) is 4.78. The van der Waals surface area contributed by atoms with E-state index in [-0.39, 0.29) is 29.6 Å². The number of rotatable bonds is 3. The molecule has 2 aromatic rings. The quantitative estimate of drug-likeness (QED) is 0.875. The number of hydrogen-bond donors (Lipinski definition) is 2. The number of carbonyl (C=O) groups excluding carboxylic acids is 1. The highest BCUT2D eigenvalue weighted by molar-refractivity contribution is 7.92. The number of amides is 1. The Bertz CT molecular complexity index is 947. The predicted molar refractivity (Wildman–Crippen MR) is 80.3 cm³/mol. The van der Waals surface area contributed by atoms with Crippen molar-refractivity contribution in [1.82, 2.24) is 4.98 Å². The molecule has 0 saturated carbocycles. The lowest BCUT2D eigenvalue weighted by molar-refractivity contribution is -0.118. The molecular weight excluding hydrogens is 344 g/mol. The molecule has 0 unspecified atom stereocenters. The van der Waals surface area contributed by atoms with Gasteiger partial charge in [-0.15, -0.1) is 0 Å². The zero-order valence-corrected chi connectivity index (χ0v) is 13.1. The molecule has 7 nitrogen and oxygen atoms in total. The van der Waals surface area contributed by atoms with E-state index in [1.165, 1.54) is 19.1 Å². The minimum atomic E-state index is -4.40. The van der Waals surface area contributed by atoms with E-state index in [0.717, 1.165) is 12.1 Å². The van der Waals surface area contributed by atoms with Crippen molar-refractivity contribution in [2.24, 2.45) is 0 Å². The van der Waals surface area contributed by atoms with Crippen LogP contribution in [0.1, 0.15) is 5.56 Å². The smallest absolute Gasteiger partial charge is 0.266 e. The summed E-state index contributed by atoms with van der Waals surface area (Å²) >= 11 is 0. The summed E-state index contributed by atoms with van der Waals surface area (Å²) in [5.41, 5.74) is -0.0155. The number of hydrogen-bond acceptors (Lipinski definition) is 5. The number of fused-ring (bicyclic) bond motifs is 1. The van der Waals surface area contributed by atoms with E-state index in [4.69, 9.17) is 4.74 Å². The maximum Gasteiger partial charge on any atom is 0.266 e. The molecule has 0 aliphatic carbocycles. The molecule has 2 heterocycles. The van der Waals surface area contributed by atoms with Crippen molar-refractivity contribution in [3.05, 3.63) is 41.5 Å². The van der Waals surface area contributed by atoms with Gasteiger partial charge in [0.2, 0.25) is 0 Å². The molecule has 1 amide bonds. The zero-order valence-electron chi connectivity index (χ0n) is 12.3. The number of halogens is 2. The number of aryl methyl sites for hydroxylation is 1. The predicted octanol–water partition coefficient (Wildman–Crippen LogP) is 1.80. The number of aromatic nitrogens is 1. The first-order chi connectivity index (χ1) is 11.3. The van der Waals surface area contributed by atoms with Gasteiger partial charge >= 0.3 is 0 Å². The van der Waals surface area contributed by atoms with Crippen molar-refractivity contribution in [1.29, 1.82) is 0 Å². The highest BCUT2D eigenvalue weighted by Gasteiger charge is 2.24. The Kier molecular flexibility index (Phi) is 3.84. The Balaban J connectivity index is 1.95. The lowest BCUT2D eigenvalue weighted by atomic mass is 10.2. The number of sulfonamides is 1. The summed E-state index contributed by atoms with van der Waals surface area (Å²) in [5.74, 6) is -3.04. The summed E-state index contributed by atoms with van der Waals surface area (Å²) < 4.78 is 59.1. The van der Waals surface area contributed by atoms with E-state index in [9.17, 15) is 22.0 Å². The number of nitrogens with one attached hydrogen (secondary N) is 2. The molecule has 10 heteroatoms. The fourth-order valence-electron chi connectivity index (χ4n) is 2.05. The molecule has 0 radical (unpaired) electrons. The third-order valence-corrected chi connectivity index (χ3v) is 4.62. The van der Waals surface area contributed by atoms with Gasteiger partial charge in [-0.25, -0.2) is 22.2 Å². The van der Waals surface area contributed by atoms with Crippen molar-refractivity contribution in [3.63, 3.8) is 0 Å². The van der Waals surface area contributed by atoms with E-state index in [0.29, 0.717) is 0 Å². The first kappa shape index (κ1) is 16.1. The number of pyridine rings is 1. The van der Waals surface area contributed by atoms with E-state index in [1.807, 2.05) is 4.72 Å². The van der Waals surface area contributed by atoms with Crippen molar-refractivity contribution in [2.75, 3.05) is 16.6 Å². The molecule has 1 aromatic carbocycles. The highest BCUT2D eigenvalue weighted by Crippen LogP contribution is 2.28. The van der Waals surface area contributed by atoms with Gasteiger partial charge < -0.3 is 10.1 Å². The van der Waals surface area contributed by atoms with E-state index >= 15 is 0 Å². The van der Waals surface area contributed by atoms with Crippen LogP contribution in [0.3, 0.4) is 0 Å². The summed E-state index contributed by atoms with van der Waals surface area (Å²) in [7, 11) is -4.40. The average molecular weight is 355 g/mol. The lowest BCUT2D eigenvalue weighted by Crippen LogP contribution is -2.26. The van der Waals surface area contributed by atoms with Crippen molar-refractivity contribution in [3.8, 4) is 5.75 Å². The van der Waals surface area contributed by atoms with E-state index in [2.05, 4.69) is 10.3 Å². The van der Waals surface area contributed by atoms with Crippen molar-refractivity contribution in [2.45, 2.75) is 11.8 Å². The normalized spacial score (nSPS) is 13.7. The van der Waals surface area contributed by atoms with Gasteiger partial charge in [0.15, 0.2) is 29.8 Å².